The highest BCUT2D eigenvalue weighted by molar-refractivity contribution is 5.89. The van der Waals surface area contributed by atoms with Gasteiger partial charge in [-0.05, 0) is 72.2 Å². The van der Waals surface area contributed by atoms with Crippen molar-refractivity contribution in [3.8, 4) is 16.9 Å². The Labute approximate surface area is 188 Å². The summed E-state index contributed by atoms with van der Waals surface area (Å²) >= 11 is 0. The third kappa shape index (κ3) is 5.12. The van der Waals surface area contributed by atoms with Crippen molar-refractivity contribution in [3.05, 3.63) is 65.5 Å². The van der Waals surface area contributed by atoms with Gasteiger partial charge in [-0.1, -0.05) is 44.0 Å². The number of rotatable bonds is 5. The van der Waals surface area contributed by atoms with E-state index in [0.29, 0.717) is 11.5 Å². The van der Waals surface area contributed by atoms with Gasteiger partial charge in [-0.2, -0.15) is 0 Å². The van der Waals surface area contributed by atoms with E-state index in [-0.39, 0.29) is 16.3 Å². The fourth-order valence-corrected chi connectivity index (χ4v) is 4.90. The minimum Gasteiger partial charge on any atom is -0.399 e. The lowest BCUT2D eigenvalue weighted by Gasteiger charge is -2.28. The van der Waals surface area contributed by atoms with Crippen LogP contribution in [0.2, 0.25) is 0 Å². The zero-order valence-corrected chi connectivity index (χ0v) is 18.1. The van der Waals surface area contributed by atoms with Crippen LogP contribution in [0.3, 0.4) is 0 Å². The number of ether oxygens (including phenoxy) is 1. The summed E-state index contributed by atoms with van der Waals surface area (Å²) in [6.45, 7) is 2.19. The standard InChI is InChI=1S/C26H24F6O/c1-2-3-15-4-6-16(7-5-15)17-8-10-20(22(27)13-17)18-9-11-21-19(12-18)14-23(28)25(24(21)29)33-26(30,31)32/h8-16H,2-7H2,1H3. The van der Waals surface area contributed by atoms with Gasteiger partial charge in [-0.25, -0.2) is 13.2 Å². The summed E-state index contributed by atoms with van der Waals surface area (Å²) in [7, 11) is 0. The van der Waals surface area contributed by atoms with Crippen LogP contribution >= 0.6 is 0 Å². The summed E-state index contributed by atoms with van der Waals surface area (Å²) in [5.74, 6) is -3.83. The maximum Gasteiger partial charge on any atom is 0.573 e. The molecular weight excluding hydrogens is 442 g/mol. The highest BCUT2D eigenvalue weighted by Gasteiger charge is 2.34. The molecule has 0 heterocycles. The first-order valence-corrected chi connectivity index (χ1v) is 11.1. The summed E-state index contributed by atoms with van der Waals surface area (Å²) in [5.41, 5.74) is 1.58. The highest BCUT2D eigenvalue weighted by Crippen LogP contribution is 2.39. The Bertz CT molecular complexity index is 1150. The molecule has 0 unspecified atom stereocenters. The third-order valence-corrected chi connectivity index (χ3v) is 6.52. The summed E-state index contributed by atoms with van der Waals surface area (Å²) in [6.07, 6.45) is 1.52. The molecule has 1 fully saturated rings. The summed E-state index contributed by atoms with van der Waals surface area (Å²) < 4.78 is 84.4. The van der Waals surface area contributed by atoms with E-state index in [1.807, 2.05) is 6.07 Å². The lowest BCUT2D eigenvalue weighted by atomic mass is 9.77. The minimum atomic E-state index is -5.23. The Morgan fingerprint density at radius 2 is 1.61 bits per heavy atom. The predicted molar refractivity (Wildman–Crippen MR) is 116 cm³/mol. The second kappa shape index (κ2) is 9.27. The number of benzene rings is 3. The van der Waals surface area contributed by atoms with Crippen LogP contribution < -0.4 is 4.74 Å². The summed E-state index contributed by atoms with van der Waals surface area (Å²) in [6, 6.07) is 9.76. The van der Waals surface area contributed by atoms with Crippen molar-refractivity contribution in [1.82, 2.24) is 0 Å². The fourth-order valence-electron chi connectivity index (χ4n) is 4.90. The first-order chi connectivity index (χ1) is 15.7. The molecule has 1 nitrogen and oxygen atoms in total. The van der Waals surface area contributed by atoms with Crippen LogP contribution in [0.15, 0.2) is 42.5 Å². The Kier molecular flexibility index (Phi) is 6.59. The lowest BCUT2D eigenvalue weighted by Crippen LogP contribution is -2.19. The monoisotopic (exact) mass is 466 g/mol. The Morgan fingerprint density at radius 3 is 2.24 bits per heavy atom. The normalized spacial score (nSPS) is 19.1. The van der Waals surface area contributed by atoms with E-state index in [1.165, 1.54) is 37.1 Å². The van der Waals surface area contributed by atoms with E-state index in [1.54, 1.807) is 6.07 Å². The maximum atomic E-state index is 15.0. The van der Waals surface area contributed by atoms with Crippen molar-refractivity contribution in [2.24, 2.45) is 5.92 Å². The van der Waals surface area contributed by atoms with Gasteiger partial charge in [0.25, 0.3) is 0 Å². The SMILES string of the molecule is CCCC1CCC(c2ccc(-c3ccc4c(F)c(OC(F)(F)F)c(F)cc4c3)c(F)c2)CC1. The van der Waals surface area contributed by atoms with E-state index in [2.05, 4.69) is 11.7 Å². The third-order valence-electron chi connectivity index (χ3n) is 6.52. The van der Waals surface area contributed by atoms with E-state index in [4.69, 9.17) is 0 Å². The molecule has 0 N–H and O–H groups in total. The number of hydrogen-bond donors (Lipinski definition) is 0. The molecule has 0 radical (unpaired) electrons. The molecule has 1 aliphatic rings. The second-order valence-electron chi connectivity index (χ2n) is 8.73. The van der Waals surface area contributed by atoms with E-state index in [9.17, 15) is 22.0 Å². The van der Waals surface area contributed by atoms with Crippen LogP contribution in [0, 0.1) is 23.4 Å². The van der Waals surface area contributed by atoms with Crippen molar-refractivity contribution in [2.75, 3.05) is 0 Å². The van der Waals surface area contributed by atoms with Crippen LogP contribution in [-0.2, 0) is 0 Å². The Balaban J connectivity index is 1.61. The maximum absolute atomic E-state index is 15.0. The molecule has 0 atom stereocenters. The zero-order chi connectivity index (χ0) is 23.8. The smallest absolute Gasteiger partial charge is 0.399 e. The summed E-state index contributed by atoms with van der Waals surface area (Å²) in [5, 5.41) is -0.241. The van der Waals surface area contributed by atoms with Crippen LogP contribution in [-0.4, -0.2) is 6.36 Å². The molecule has 0 aromatic heterocycles. The number of hydrogen-bond acceptors (Lipinski definition) is 1. The molecule has 4 rings (SSSR count). The molecule has 0 bridgehead atoms. The van der Waals surface area contributed by atoms with Gasteiger partial charge in [0.1, 0.15) is 5.82 Å². The molecule has 1 aliphatic carbocycles. The first-order valence-electron chi connectivity index (χ1n) is 11.1. The molecule has 0 spiro atoms. The van der Waals surface area contributed by atoms with Crippen LogP contribution in [0.25, 0.3) is 21.9 Å². The van der Waals surface area contributed by atoms with Gasteiger partial charge in [0.05, 0.1) is 0 Å². The van der Waals surface area contributed by atoms with Gasteiger partial charge in [0.15, 0.2) is 11.6 Å². The first kappa shape index (κ1) is 23.5. The van der Waals surface area contributed by atoms with Crippen LogP contribution in [0.1, 0.15) is 56.9 Å². The molecule has 3 aromatic rings. The highest BCUT2D eigenvalue weighted by atomic mass is 19.4. The van der Waals surface area contributed by atoms with E-state index < -0.39 is 29.6 Å². The van der Waals surface area contributed by atoms with Gasteiger partial charge in [-0.15, -0.1) is 13.2 Å². The van der Waals surface area contributed by atoms with Gasteiger partial charge >= 0.3 is 6.36 Å². The molecule has 7 heteroatoms. The molecule has 0 amide bonds. The van der Waals surface area contributed by atoms with Crippen molar-refractivity contribution >= 4 is 10.8 Å². The van der Waals surface area contributed by atoms with Crippen LogP contribution in [0.5, 0.6) is 5.75 Å². The fraction of sp³-hybridized carbons (Fsp3) is 0.385. The quantitative estimate of drug-likeness (QED) is 0.341. The van der Waals surface area contributed by atoms with Crippen molar-refractivity contribution < 1.29 is 31.1 Å². The van der Waals surface area contributed by atoms with Crippen molar-refractivity contribution in [1.29, 1.82) is 0 Å². The number of halogens is 6. The molecule has 0 aliphatic heterocycles. The summed E-state index contributed by atoms with van der Waals surface area (Å²) in [4.78, 5) is 0. The zero-order valence-electron chi connectivity index (χ0n) is 18.1. The van der Waals surface area contributed by atoms with Crippen molar-refractivity contribution in [3.63, 3.8) is 0 Å². The van der Waals surface area contributed by atoms with Gasteiger partial charge < -0.3 is 4.74 Å². The number of fused-ring (bicyclic) bond motifs is 1. The number of alkyl halides is 3. The lowest BCUT2D eigenvalue weighted by molar-refractivity contribution is -0.276. The molecule has 176 valence electrons. The average Bonchev–Trinajstić information content (AvgIpc) is 2.76. The Hall–Kier alpha value is -2.70. The molecule has 0 saturated heterocycles. The average molecular weight is 466 g/mol. The van der Waals surface area contributed by atoms with Gasteiger partial charge in [-0.3, -0.25) is 0 Å². The Morgan fingerprint density at radius 1 is 0.879 bits per heavy atom. The van der Waals surface area contributed by atoms with Crippen molar-refractivity contribution in [2.45, 2.75) is 57.7 Å². The molecule has 1 saturated carbocycles. The largest absolute Gasteiger partial charge is 0.573 e. The molecular formula is C26H24F6O. The predicted octanol–water partition coefficient (Wildman–Crippen LogP) is 8.90. The molecule has 3 aromatic carbocycles. The van der Waals surface area contributed by atoms with Gasteiger partial charge in [0.2, 0.25) is 5.75 Å². The van der Waals surface area contributed by atoms with Gasteiger partial charge in [0, 0.05) is 10.9 Å². The second-order valence-corrected chi connectivity index (χ2v) is 8.73. The minimum absolute atomic E-state index is 0.00903. The van der Waals surface area contributed by atoms with E-state index in [0.717, 1.165) is 43.2 Å². The van der Waals surface area contributed by atoms with E-state index >= 15 is 4.39 Å². The topological polar surface area (TPSA) is 9.23 Å². The molecule has 33 heavy (non-hydrogen) atoms. The van der Waals surface area contributed by atoms with Crippen LogP contribution in [0.4, 0.5) is 26.3 Å².